The summed E-state index contributed by atoms with van der Waals surface area (Å²) in [6, 6.07) is 3.97. The molecule has 0 unspecified atom stereocenters. The van der Waals surface area contributed by atoms with Crippen molar-refractivity contribution in [1.29, 1.82) is 0 Å². The summed E-state index contributed by atoms with van der Waals surface area (Å²) in [5.41, 5.74) is 0.451. The smallest absolute Gasteiger partial charge is 0.335 e. The number of rotatable bonds is 7. The molecule has 5 heteroatoms. The van der Waals surface area contributed by atoms with Gasteiger partial charge in [0.25, 0.3) is 0 Å². The standard InChI is InChI=1S/C13H18FNO3/c1-3-18-7-6-15(2)9-11-5-4-10(13(16)17)8-12(11)14/h4-5,8H,3,6-7,9H2,1-2H3,(H,16,17). The van der Waals surface area contributed by atoms with Crippen molar-refractivity contribution in [3.63, 3.8) is 0 Å². The van der Waals surface area contributed by atoms with Crippen molar-refractivity contribution in [2.45, 2.75) is 13.5 Å². The maximum Gasteiger partial charge on any atom is 0.335 e. The van der Waals surface area contributed by atoms with E-state index >= 15 is 0 Å². The summed E-state index contributed by atoms with van der Waals surface area (Å²) in [6.45, 7) is 4.31. The number of aromatic carboxylic acids is 1. The molecule has 1 rings (SSSR count). The molecule has 0 bridgehead atoms. The number of carboxylic acid groups (broad SMARTS) is 1. The number of hydrogen-bond acceptors (Lipinski definition) is 3. The minimum atomic E-state index is -1.12. The second-order valence-electron chi connectivity index (χ2n) is 4.05. The molecule has 0 aromatic heterocycles. The average molecular weight is 255 g/mol. The molecule has 1 aromatic rings. The van der Waals surface area contributed by atoms with E-state index in [1.165, 1.54) is 12.1 Å². The van der Waals surface area contributed by atoms with Gasteiger partial charge in [-0.25, -0.2) is 9.18 Å². The number of hydrogen-bond donors (Lipinski definition) is 1. The maximum absolute atomic E-state index is 13.6. The zero-order valence-corrected chi connectivity index (χ0v) is 10.6. The van der Waals surface area contributed by atoms with Gasteiger partial charge in [0.2, 0.25) is 0 Å². The third kappa shape index (κ3) is 4.43. The highest BCUT2D eigenvalue weighted by atomic mass is 19.1. The van der Waals surface area contributed by atoms with Gasteiger partial charge < -0.3 is 9.84 Å². The van der Waals surface area contributed by atoms with E-state index in [1.807, 2.05) is 18.9 Å². The van der Waals surface area contributed by atoms with Gasteiger partial charge in [0.15, 0.2) is 0 Å². The molecule has 1 N–H and O–H groups in total. The summed E-state index contributed by atoms with van der Waals surface area (Å²) in [5.74, 6) is -1.61. The van der Waals surface area contributed by atoms with E-state index in [2.05, 4.69) is 0 Å². The SMILES string of the molecule is CCOCCN(C)Cc1ccc(C(=O)O)cc1F. The van der Waals surface area contributed by atoms with Crippen LogP contribution in [0.25, 0.3) is 0 Å². The third-order valence-electron chi connectivity index (χ3n) is 2.56. The topological polar surface area (TPSA) is 49.8 Å². The summed E-state index contributed by atoms with van der Waals surface area (Å²) in [6.07, 6.45) is 0. The molecule has 0 fully saturated rings. The third-order valence-corrected chi connectivity index (χ3v) is 2.56. The van der Waals surface area contributed by atoms with Crippen LogP contribution in [-0.2, 0) is 11.3 Å². The Morgan fingerprint density at radius 2 is 2.22 bits per heavy atom. The molecular weight excluding hydrogens is 237 g/mol. The molecule has 0 heterocycles. The predicted octanol–water partition coefficient (Wildman–Crippen LogP) is 1.99. The fourth-order valence-electron chi connectivity index (χ4n) is 1.54. The van der Waals surface area contributed by atoms with Gasteiger partial charge in [-0.3, -0.25) is 4.90 Å². The van der Waals surface area contributed by atoms with Crippen molar-refractivity contribution in [3.05, 3.63) is 35.1 Å². The number of nitrogens with zero attached hydrogens (tertiary/aromatic N) is 1. The number of likely N-dealkylation sites (N-methyl/N-ethyl adjacent to an activating group) is 1. The molecule has 0 amide bonds. The Hall–Kier alpha value is -1.46. The maximum atomic E-state index is 13.6. The lowest BCUT2D eigenvalue weighted by Crippen LogP contribution is -2.23. The van der Waals surface area contributed by atoms with Crippen molar-refractivity contribution in [3.8, 4) is 0 Å². The fourth-order valence-corrected chi connectivity index (χ4v) is 1.54. The number of carbonyl (C=O) groups is 1. The van der Waals surface area contributed by atoms with E-state index in [1.54, 1.807) is 0 Å². The summed E-state index contributed by atoms with van der Waals surface area (Å²) < 4.78 is 18.8. The van der Waals surface area contributed by atoms with E-state index in [0.29, 0.717) is 31.9 Å². The number of carboxylic acids is 1. The van der Waals surface area contributed by atoms with Gasteiger partial charge in [-0.15, -0.1) is 0 Å². The van der Waals surface area contributed by atoms with Gasteiger partial charge in [-0.05, 0) is 26.1 Å². The molecule has 0 saturated heterocycles. The summed E-state index contributed by atoms with van der Waals surface area (Å²) in [7, 11) is 1.86. The molecular formula is C13H18FNO3. The highest BCUT2D eigenvalue weighted by Crippen LogP contribution is 2.12. The highest BCUT2D eigenvalue weighted by molar-refractivity contribution is 5.87. The predicted molar refractivity (Wildman–Crippen MR) is 66.2 cm³/mol. The normalized spacial score (nSPS) is 10.9. The van der Waals surface area contributed by atoms with Gasteiger partial charge >= 0.3 is 5.97 Å². The van der Waals surface area contributed by atoms with Crippen LogP contribution in [0.15, 0.2) is 18.2 Å². The fraction of sp³-hybridized carbons (Fsp3) is 0.462. The minimum Gasteiger partial charge on any atom is -0.478 e. The van der Waals surface area contributed by atoms with Gasteiger partial charge in [-0.1, -0.05) is 6.07 Å². The van der Waals surface area contributed by atoms with Crippen LogP contribution < -0.4 is 0 Å². The summed E-state index contributed by atoms with van der Waals surface area (Å²) >= 11 is 0. The van der Waals surface area contributed by atoms with E-state index in [-0.39, 0.29) is 5.56 Å². The molecule has 0 aliphatic heterocycles. The number of benzene rings is 1. The lowest BCUT2D eigenvalue weighted by atomic mass is 10.1. The van der Waals surface area contributed by atoms with Crippen LogP contribution in [0.4, 0.5) is 4.39 Å². The van der Waals surface area contributed by atoms with E-state index in [0.717, 1.165) is 6.07 Å². The zero-order chi connectivity index (χ0) is 13.5. The van der Waals surface area contributed by atoms with Crippen LogP contribution in [0.5, 0.6) is 0 Å². The zero-order valence-electron chi connectivity index (χ0n) is 10.6. The average Bonchev–Trinajstić information content (AvgIpc) is 2.32. The highest BCUT2D eigenvalue weighted by Gasteiger charge is 2.09. The van der Waals surface area contributed by atoms with Crippen LogP contribution in [0.3, 0.4) is 0 Å². The van der Waals surface area contributed by atoms with Crippen LogP contribution in [0, 0.1) is 5.82 Å². The number of halogens is 1. The van der Waals surface area contributed by atoms with Crippen LogP contribution in [0.2, 0.25) is 0 Å². The molecule has 1 aromatic carbocycles. The largest absolute Gasteiger partial charge is 0.478 e. The Bertz CT molecular complexity index is 409. The first-order valence-electron chi connectivity index (χ1n) is 5.82. The molecule has 0 aliphatic rings. The van der Waals surface area contributed by atoms with Gasteiger partial charge in [0, 0.05) is 25.3 Å². The van der Waals surface area contributed by atoms with Crippen molar-refractivity contribution in [2.24, 2.45) is 0 Å². The van der Waals surface area contributed by atoms with Crippen LogP contribution >= 0.6 is 0 Å². The van der Waals surface area contributed by atoms with E-state index in [9.17, 15) is 9.18 Å². The first kappa shape index (κ1) is 14.6. The van der Waals surface area contributed by atoms with Crippen LogP contribution in [-0.4, -0.2) is 42.8 Å². The Balaban J connectivity index is 2.59. The first-order valence-corrected chi connectivity index (χ1v) is 5.82. The van der Waals surface area contributed by atoms with Crippen molar-refractivity contribution in [2.75, 3.05) is 26.8 Å². The molecule has 0 spiro atoms. The van der Waals surface area contributed by atoms with Crippen molar-refractivity contribution >= 4 is 5.97 Å². The van der Waals surface area contributed by atoms with E-state index < -0.39 is 11.8 Å². The molecule has 0 atom stereocenters. The second kappa shape index (κ2) is 7.08. The van der Waals surface area contributed by atoms with Gasteiger partial charge in [0.05, 0.1) is 12.2 Å². The lowest BCUT2D eigenvalue weighted by Gasteiger charge is -2.17. The Labute approximate surface area is 106 Å². The molecule has 100 valence electrons. The molecule has 18 heavy (non-hydrogen) atoms. The molecule has 0 radical (unpaired) electrons. The molecule has 0 aliphatic carbocycles. The van der Waals surface area contributed by atoms with Crippen LogP contribution in [0.1, 0.15) is 22.8 Å². The summed E-state index contributed by atoms with van der Waals surface area (Å²) in [5, 5.41) is 8.73. The van der Waals surface area contributed by atoms with Crippen molar-refractivity contribution < 1.29 is 19.0 Å². The minimum absolute atomic E-state index is 0.0341. The van der Waals surface area contributed by atoms with Gasteiger partial charge in [0.1, 0.15) is 5.82 Å². The Kier molecular flexibility index (Phi) is 5.74. The van der Waals surface area contributed by atoms with E-state index in [4.69, 9.17) is 9.84 Å². The van der Waals surface area contributed by atoms with Crippen molar-refractivity contribution in [1.82, 2.24) is 4.90 Å². The first-order chi connectivity index (χ1) is 8.54. The molecule has 0 saturated carbocycles. The second-order valence-corrected chi connectivity index (χ2v) is 4.05. The lowest BCUT2D eigenvalue weighted by molar-refractivity contribution is 0.0696. The summed E-state index contributed by atoms with van der Waals surface area (Å²) in [4.78, 5) is 12.6. The number of ether oxygens (including phenoxy) is 1. The molecule has 4 nitrogen and oxygen atoms in total. The quantitative estimate of drug-likeness (QED) is 0.757. The monoisotopic (exact) mass is 255 g/mol. The Morgan fingerprint density at radius 3 is 2.78 bits per heavy atom. The Morgan fingerprint density at radius 1 is 1.50 bits per heavy atom. The van der Waals surface area contributed by atoms with Gasteiger partial charge in [-0.2, -0.15) is 0 Å².